The number of carboxylic acids is 1. The zero-order valence-electron chi connectivity index (χ0n) is 9.64. The van der Waals surface area contributed by atoms with E-state index in [0.717, 1.165) is 6.07 Å². The van der Waals surface area contributed by atoms with Crippen LogP contribution in [0.15, 0.2) is 36.4 Å². The van der Waals surface area contributed by atoms with Gasteiger partial charge in [0.25, 0.3) is 0 Å². The summed E-state index contributed by atoms with van der Waals surface area (Å²) in [6.45, 7) is 1.68. The Bertz CT molecular complexity index is 620. The van der Waals surface area contributed by atoms with Crippen molar-refractivity contribution >= 4 is 5.97 Å². The van der Waals surface area contributed by atoms with E-state index in [4.69, 9.17) is 5.11 Å². The molecule has 0 aromatic heterocycles. The number of hydrogen-bond acceptors (Lipinski definition) is 2. The van der Waals surface area contributed by atoms with Crippen molar-refractivity contribution in [2.24, 2.45) is 0 Å². The van der Waals surface area contributed by atoms with Crippen LogP contribution in [0.4, 0.5) is 4.39 Å². The van der Waals surface area contributed by atoms with Gasteiger partial charge in [0.15, 0.2) is 11.6 Å². The van der Waals surface area contributed by atoms with E-state index in [1.54, 1.807) is 25.1 Å². The summed E-state index contributed by atoms with van der Waals surface area (Å²) in [4.78, 5) is 11.2. The third-order valence-corrected chi connectivity index (χ3v) is 2.75. The Kier molecular flexibility index (Phi) is 3.02. The van der Waals surface area contributed by atoms with Crippen LogP contribution in [0.2, 0.25) is 0 Å². The molecule has 0 atom stereocenters. The Morgan fingerprint density at radius 2 is 1.94 bits per heavy atom. The number of aromatic hydroxyl groups is 1. The second kappa shape index (κ2) is 4.49. The first-order valence-corrected chi connectivity index (χ1v) is 5.32. The summed E-state index contributed by atoms with van der Waals surface area (Å²) in [6.07, 6.45) is 0. The molecule has 0 spiro atoms. The van der Waals surface area contributed by atoms with Crippen molar-refractivity contribution in [3.05, 3.63) is 53.3 Å². The van der Waals surface area contributed by atoms with Crippen molar-refractivity contribution in [2.75, 3.05) is 0 Å². The summed E-state index contributed by atoms with van der Waals surface area (Å²) in [6, 6.07) is 8.82. The monoisotopic (exact) mass is 246 g/mol. The molecule has 2 N–H and O–H groups in total. The third kappa shape index (κ3) is 2.05. The number of aromatic carboxylic acids is 1. The summed E-state index contributed by atoms with van der Waals surface area (Å²) >= 11 is 0. The number of carboxylic acid groups (broad SMARTS) is 1. The van der Waals surface area contributed by atoms with Crippen LogP contribution >= 0.6 is 0 Å². The van der Waals surface area contributed by atoms with Crippen LogP contribution in [0, 0.1) is 12.7 Å². The maximum Gasteiger partial charge on any atom is 0.336 e. The molecule has 2 aromatic rings. The highest BCUT2D eigenvalue weighted by atomic mass is 19.1. The molecule has 0 aliphatic rings. The highest BCUT2D eigenvalue weighted by Gasteiger charge is 2.15. The molecule has 4 heteroatoms. The minimum absolute atomic E-state index is 0.141. The van der Waals surface area contributed by atoms with E-state index < -0.39 is 17.5 Å². The predicted octanol–water partition coefficient (Wildman–Crippen LogP) is 3.20. The lowest BCUT2D eigenvalue weighted by Gasteiger charge is -2.09. The summed E-state index contributed by atoms with van der Waals surface area (Å²) in [7, 11) is 0. The van der Waals surface area contributed by atoms with Gasteiger partial charge in [-0.05, 0) is 35.7 Å². The number of phenols is 1. The summed E-state index contributed by atoms with van der Waals surface area (Å²) in [5.74, 6) is -2.29. The van der Waals surface area contributed by atoms with Gasteiger partial charge in [0.2, 0.25) is 0 Å². The summed E-state index contributed by atoms with van der Waals surface area (Å²) in [5.41, 5.74) is 1.60. The van der Waals surface area contributed by atoms with Crippen molar-refractivity contribution in [3.8, 4) is 16.9 Å². The number of halogens is 1. The standard InChI is InChI=1S/C14H11FO3/c1-8-3-2-4-10(13(8)14(17)18)9-5-6-12(16)11(15)7-9/h2-7,16H,1H3,(H,17,18). The largest absolute Gasteiger partial charge is 0.505 e. The van der Waals surface area contributed by atoms with Crippen molar-refractivity contribution in [3.63, 3.8) is 0 Å². The zero-order chi connectivity index (χ0) is 13.3. The number of benzene rings is 2. The average Bonchev–Trinajstić information content (AvgIpc) is 2.32. The fraction of sp³-hybridized carbons (Fsp3) is 0.0714. The zero-order valence-corrected chi connectivity index (χ0v) is 9.64. The highest BCUT2D eigenvalue weighted by Crippen LogP contribution is 2.29. The summed E-state index contributed by atoms with van der Waals surface area (Å²) in [5, 5.41) is 18.3. The van der Waals surface area contributed by atoms with Crippen molar-refractivity contribution in [1.82, 2.24) is 0 Å². The molecule has 0 amide bonds. The number of rotatable bonds is 2. The molecule has 0 heterocycles. The molecule has 92 valence electrons. The predicted molar refractivity (Wildman–Crippen MR) is 65.2 cm³/mol. The normalized spacial score (nSPS) is 10.3. The average molecular weight is 246 g/mol. The lowest BCUT2D eigenvalue weighted by atomic mass is 9.96. The fourth-order valence-electron chi connectivity index (χ4n) is 1.87. The topological polar surface area (TPSA) is 57.5 Å². The van der Waals surface area contributed by atoms with E-state index in [1.165, 1.54) is 12.1 Å². The number of carbonyl (C=O) groups is 1. The van der Waals surface area contributed by atoms with E-state index >= 15 is 0 Å². The number of aryl methyl sites for hydroxylation is 1. The second-order valence-electron chi connectivity index (χ2n) is 3.97. The lowest BCUT2D eigenvalue weighted by molar-refractivity contribution is 0.0697. The van der Waals surface area contributed by atoms with Crippen LogP contribution in [-0.2, 0) is 0 Å². The highest BCUT2D eigenvalue weighted by molar-refractivity contribution is 5.97. The van der Waals surface area contributed by atoms with E-state index in [0.29, 0.717) is 16.7 Å². The first-order valence-electron chi connectivity index (χ1n) is 5.32. The van der Waals surface area contributed by atoms with Gasteiger partial charge in [-0.15, -0.1) is 0 Å². The van der Waals surface area contributed by atoms with E-state index in [-0.39, 0.29) is 5.56 Å². The lowest BCUT2D eigenvalue weighted by Crippen LogP contribution is -2.02. The van der Waals surface area contributed by atoms with Crippen LogP contribution in [0.5, 0.6) is 5.75 Å². The van der Waals surface area contributed by atoms with Gasteiger partial charge in [0.05, 0.1) is 5.56 Å². The minimum atomic E-state index is -1.06. The molecule has 0 bridgehead atoms. The Hall–Kier alpha value is -2.36. The summed E-state index contributed by atoms with van der Waals surface area (Å²) < 4.78 is 13.3. The van der Waals surface area contributed by atoms with Gasteiger partial charge in [-0.2, -0.15) is 0 Å². The van der Waals surface area contributed by atoms with Crippen molar-refractivity contribution in [2.45, 2.75) is 6.92 Å². The van der Waals surface area contributed by atoms with E-state index in [9.17, 15) is 14.3 Å². The van der Waals surface area contributed by atoms with Gasteiger partial charge in [0, 0.05) is 0 Å². The minimum Gasteiger partial charge on any atom is -0.505 e. The van der Waals surface area contributed by atoms with Gasteiger partial charge >= 0.3 is 5.97 Å². The smallest absolute Gasteiger partial charge is 0.336 e. The molecule has 0 radical (unpaired) electrons. The van der Waals surface area contributed by atoms with Crippen molar-refractivity contribution < 1.29 is 19.4 Å². The quantitative estimate of drug-likeness (QED) is 0.855. The molecule has 2 rings (SSSR count). The fourth-order valence-corrected chi connectivity index (χ4v) is 1.87. The van der Waals surface area contributed by atoms with Crippen LogP contribution in [-0.4, -0.2) is 16.2 Å². The van der Waals surface area contributed by atoms with Gasteiger partial charge in [-0.1, -0.05) is 24.3 Å². The van der Waals surface area contributed by atoms with Gasteiger partial charge in [-0.3, -0.25) is 0 Å². The molecule has 2 aromatic carbocycles. The molecule has 0 fully saturated rings. The van der Waals surface area contributed by atoms with E-state index in [2.05, 4.69) is 0 Å². The Labute approximate surface area is 103 Å². The molecule has 3 nitrogen and oxygen atoms in total. The third-order valence-electron chi connectivity index (χ3n) is 2.75. The van der Waals surface area contributed by atoms with Crippen LogP contribution in [0.3, 0.4) is 0 Å². The first-order chi connectivity index (χ1) is 8.50. The molecule has 0 unspecified atom stereocenters. The van der Waals surface area contributed by atoms with Gasteiger partial charge in [0.1, 0.15) is 0 Å². The van der Waals surface area contributed by atoms with Gasteiger partial charge < -0.3 is 10.2 Å². The molecule has 0 saturated heterocycles. The van der Waals surface area contributed by atoms with Crippen LogP contribution in [0.1, 0.15) is 15.9 Å². The molecular weight excluding hydrogens is 235 g/mol. The van der Waals surface area contributed by atoms with Crippen LogP contribution < -0.4 is 0 Å². The first kappa shape index (κ1) is 12.1. The Balaban J connectivity index is 2.67. The Morgan fingerprint density at radius 3 is 2.56 bits per heavy atom. The molecule has 18 heavy (non-hydrogen) atoms. The van der Waals surface area contributed by atoms with Gasteiger partial charge in [-0.25, -0.2) is 9.18 Å². The molecule has 0 saturated carbocycles. The maximum atomic E-state index is 13.3. The molecular formula is C14H11FO3. The van der Waals surface area contributed by atoms with E-state index in [1.807, 2.05) is 0 Å². The van der Waals surface area contributed by atoms with Crippen molar-refractivity contribution in [1.29, 1.82) is 0 Å². The molecule has 0 aliphatic heterocycles. The number of phenolic OH excluding ortho intramolecular Hbond substituents is 1. The molecule has 0 aliphatic carbocycles. The second-order valence-corrected chi connectivity index (χ2v) is 3.97. The van der Waals surface area contributed by atoms with Crippen LogP contribution in [0.25, 0.3) is 11.1 Å². The number of hydrogen-bond donors (Lipinski definition) is 2. The maximum absolute atomic E-state index is 13.3. The SMILES string of the molecule is Cc1cccc(-c2ccc(O)c(F)c2)c1C(=O)O. The Morgan fingerprint density at radius 1 is 1.22 bits per heavy atom.